The van der Waals surface area contributed by atoms with Gasteiger partial charge in [0.15, 0.2) is 14.6 Å². The monoisotopic (exact) mass is 705 g/mol. The van der Waals surface area contributed by atoms with Crippen molar-refractivity contribution in [1.29, 1.82) is 0 Å². The summed E-state index contributed by atoms with van der Waals surface area (Å²) in [5.74, 6) is 0. The molecular weight excluding hydrogens is 655 g/mol. The quantitative estimate of drug-likeness (QED) is 0.0294. The van der Waals surface area contributed by atoms with Crippen LogP contribution in [-0.4, -0.2) is 84.6 Å². The minimum absolute atomic E-state index is 0.0552. The minimum atomic E-state index is -2.43. The fraction of sp³-hybridized carbons (Fsp3) is 0.474. The number of hydrogen-bond acceptors (Lipinski definition) is 9. The molecular formula is C38H51N3O8Si. The summed E-state index contributed by atoms with van der Waals surface area (Å²) in [7, 11) is 0.582. The molecule has 4 rings (SSSR count). The lowest BCUT2D eigenvalue weighted by atomic mass is 9.80. The Hall–Kier alpha value is -3.39. The van der Waals surface area contributed by atoms with Gasteiger partial charge >= 0.3 is 0 Å². The highest BCUT2D eigenvalue weighted by atomic mass is 28.4. The van der Waals surface area contributed by atoms with E-state index in [2.05, 4.69) is 43.9 Å². The Morgan fingerprint density at radius 2 is 1.32 bits per heavy atom. The Kier molecular flexibility index (Phi) is 14.3. The molecule has 1 N–H and O–H groups in total. The smallest absolute Gasteiger partial charge is 0.195 e. The first-order chi connectivity index (χ1) is 24.0. The van der Waals surface area contributed by atoms with Gasteiger partial charge in [0.05, 0.1) is 12.7 Å². The molecule has 0 radical (unpaired) electrons. The average Bonchev–Trinajstić information content (AvgIpc) is 3.11. The van der Waals surface area contributed by atoms with Gasteiger partial charge < -0.3 is 38.0 Å². The topological polar surface area (TPSA) is 134 Å². The molecule has 11 nitrogen and oxygen atoms in total. The van der Waals surface area contributed by atoms with E-state index in [1.807, 2.05) is 91.0 Å². The van der Waals surface area contributed by atoms with Crippen LogP contribution in [0.3, 0.4) is 0 Å². The van der Waals surface area contributed by atoms with E-state index in [9.17, 15) is 10.6 Å². The molecule has 1 heterocycles. The number of ether oxygens (including phenoxy) is 6. The van der Waals surface area contributed by atoms with Crippen molar-refractivity contribution in [3.63, 3.8) is 0 Å². The van der Waals surface area contributed by atoms with Gasteiger partial charge in [-0.05, 0) is 40.4 Å². The first-order valence-corrected chi connectivity index (χ1v) is 19.6. The lowest BCUT2D eigenvalue weighted by Gasteiger charge is -2.47. The second-order valence-electron chi connectivity index (χ2n) is 13.7. The van der Waals surface area contributed by atoms with Crippen molar-refractivity contribution < 1.29 is 38.0 Å². The molecule has 0 aromatic heterocycles. The predicted octanol–water partition coefficient (Wildman–Crippen LogP) is 7.32. The summed E-state index contributed by atoms with van der Waals surface area (Å²) >= 11 is 0. The standard InChI is InChI=1S/C38H51N3O8Si/c1-37(2,3)50(6,7)49-36-33(40-41-39)35(46-27-44-5)34(45-26-43-4)32(48-36)24-23-31(42)25-47-38(28-17-11-8-12-18-28,29-19-13-9-14-20-29)30-21-15-10-16-22-30/h8-24,31-36,42H,25-27H2,1-7H3/b24-23-/t31-,32+,33-,34+,35+,36+/m1/s1. The van der Waals surface area contributed by atoms with Crippen LogP contribution in [-0.2, 0) is 38.4 Å². The number of rotatable bonds is 17. The van der Waals surface area contributed by atoms with Gasteiger partial charge in [-0.3, -0.25) is 0 Å². The molecule has 270 valence electrons. The summed E-state index contributed by atoms with van der Waals surface area (Å²) in [6.45, 7) is 10.3. The van der Waals surface area contributed by atoms with Crippen molar-refractivity contribution in [3.05, 3.63) is 130 Å². The molecule has 1 saturated heterocycles. The molecule has 3 aromatic carbocycles. The van der Waals surface area contributed by atoms with Crippen molar-refractivity contribution >= 4 is 8.32 Å². The summed E-state index contributed by atoms with van der Waals surface area (Å²) in [6, 6.07) is 29.0. The van der Waals surface area contributed by atoms with Crippen LogP contribution in [0.25, 0.3) is 10.4 Å². The lowest BCUT2D eigenvalue weighted by Crippen LogP contribution is -2.61. The maximum absolute atomic E-state index is 11.5. The van der Waals surface area contributed by atoms with E-state index in [4.69, 9.17) is 32.8 Å². The highest BCUT2D eigenvalue weighted by molar-refractivity contribution is 6.74. The molecule has 0 aliphatic carbocycles. The van der Waals surface area contributed by atoms with Crippen LogP contribution in [0.4, 0.5) is 0 Å². The van der Waals surface area contributed by atoms with E-state index in [1.165, 1.54) is 14.2 Å². The van der Waals surface area contributed by atoms with Crippen LogP contribution in [0.15, 0.2) is 108 Å². The summed E-state index contributed by atoms with van der Waals surface area (Å²) in [4.78, 5) is 3.09. The fourth-order valence-corrected chi connectivity index (χ4v) is 6.83. The van der Waals surface area contributed by atoms with E-state index in [0.717, 1.165) is 16.7 Å². The van der Waals surface area contributed by atoms with Gasteiger partial charge in [-0.25, -0.2) is 0 Å². The van der Waals surface area contributed by atoms with Gasteiger partial charge in [0, 0.05) is 19.1 Å². The molecule has 0 saturated carbocycles. The Morgan fingerprint density at radius 1 is 0.840 bits per heavy atom. The first kappa shape index (κ1) is 39.4. The van der Waals surface area contributed by atoms with Gasteiger partial charge in [0.2, 0.25) is 0 Å². The minimum Gasteiger partial charge on any atom is -0.392 e. The number of methoxy groups -OCH3 is 2. The largest absolute Gasteiger partial charge is 0.392 e. The zero-order chi connectivity index (χ0) is 36.2. The number of aliphatic hydroxyl groups is 1. The van der Waals surface area contributed by atoms with Crippen molar-refractivity contribution in [1.82, 2.24) is 0 Å². The maximum Gasteiger partial charge on any atom is 0.195 e. The third-order valence-corrected chi connectivity index (χ3v) is 13.7. The van der Waals surface area contributed by atoms with E-state index in [0.29, 0.717) is 0 Å². The molecule has 1 aliphatic rings. The van der Waals surface area contributed by atoms with Gasteiger partial charge in [-0.15, -0.1) is 0 Å². The zero-order valence-corrected chi connectivity index (χ0v) is 31.0. The molecule has 1 fully saturated rings. The normalized spacial score (nSPS) is 22.3. The Balaban J connectivity index is 1.68. The van der Waals surface area contributed by atoms with Gasteiger partial charge in [-0.2, -0.15) is 0 Å². The molecule has 0 bridgehead atoms. The van der Waals surface area contributed by atoms with Crippen LogP contribution in [0.1, 0.15) is 37.5 Å². The Labute approximate surface area is 296 Å². The van der Waals surface area contributed by atoms with Crippen molar-refractivity contribution in [2.24, 2.45) is 5.11 Å². The number of aliphatic hydroxyl groups excluding tert-OH is 1. The van der Waals surface area contributed by atoms with Crippen LogP contribution in [0.5, 0.6) is 0 Å². The first-order valence-electron chi connectivity index (χ1n) is 16.7. The third-order valence-electron chi connectivity index (χ3n) is 9.25. The molecule has 3 aromatic rings. The second kappa shape index (κ2) is 18.2. The third kappa shape index (κ3) is 9.48. The molecule has 6 atom stereocenters. The number of benzene rings is 3. The lowest BCUT2D eigenvalue weighted by molar-refractivity contribution is -0.266. The van der Waals surface area contributed by atoms with E-state index in [1.54, 1.807) is 12.2 Å². The van der Waals surface area contributed by atoms with Crippen molar-refractivity contribution in [2.75, 3.05) is 34.4 Å². The number of azide groups is 1. The Morgan fingerprint density at radius 3 is 1.76 bits per heavy atom. The van der Waals surface area contributed by atoms with E-state index in [-0.39, 0.29) is 25.2 Å². The van der Waals surface area contributed by atoms with Crippen LogP contribution in [0.2, 0.25) is 18.1 Å². The highest BCUT2D eigenvalue weighted by Gasteiger charge is 2.50. The van der Waals surface area contributed by atoms with E-state index < -0.39 is 50.7 Å². The van der Waals surface area contributed by atoms with Crippen molar-refractivity contribution in [3.8, 4) is 0 Å². The molecule has 12 heteroatoms. The predicted molar refractivity (Wildman–Crippen MR) is 194 cm³/mol. The average molecular weight is 706 g/mol. The van der Waals surface area contributed by atoms with Crippen LogP contribution in [0, 0.1) is 0 Å². The van der Waals surface area contributed by atoms with Gasteiger partial charge in [-0.1, -0.05) is 129 Å². The summed E-state index contributed by atoms with van der Waals surface area (Å²) < 4.78 is 42.6. The summed E-state index contributed by atoms with van der Waals surface area (Å²) in [5, 5.41) is 15.4. The second-order valence-corrected chi connectivity index (χ2v) is 18.4. The zero-order valence-electron chi connectivity index (χ0n) is 30.0. The van der Waals surface area contributed by atoms with Crippen LogP contribution < -0.4 is 0 Å². The van der Waals surface area contributed by atoms with Gasteiger partial charge in [0.1, 0.15) is 43.5 Å². The highest BCUT2D eigenvalue weighted by Crippen LogP contribution is 2.42. The molecule has 1 aliphatic heterocycles. The Bertz CT molecular complexity index is 1420. The fourth-order valence-electron chi connectivity index (χ4n) is 5.70. The molecule has 50 heavy (non-hydrogen) atoms. The van der Waals surface area contributed by atoms with E-state index >= 15 is 0 Å². The summed E-state index contributed by atoms with van der Waals surface area (Å²) in [5.41, 5.74) is 11.3. The van der Waals surface area contributed by atoms with Gasteiger partial charge in [0.25, 0.3) is 0 Å². The van der Waals surface area contributed by atoms with Crippen molar-refractivity contribution in [2.45, 2.75) is 81.3 Å². The molecule has 0 spiro atoms. The maximum atomic E-state index is 11.5. The number of hydrogen-bond donors (Lipinski definition) is 1. The number of nitrogens with zero attached hydrogens (tertiary/aromatic N) is 3. The molecule has 0 unspecified atom stereocenters. The summed E-state index contributed by atoms with van der Waals surface area (Å²) in [6.07, 6.45) is -1.10. The SMILES string of the molecule is COCO[C@@H]1[C@@H](OCOC)[C@@H](N=[N+]=[N-])[C@H](O[Si](C)(C)C(C)(C)C)O[C@H]1/C=C\[C@@H](O)COC(c1ccccc1)(c1ccccc1)c1ccccc1. The van der Waals surface area contributed by atoms with Crippen LogP contribution >= 0.6 is 0 Å². The molecule has 0 amide bonds.